The molecule has 0 unspecified atom stereocenters. The fraction of sp³-hybridized carbons (Fsp3) is 0.600. The van der Waals surface area contributed by atoms with Crippen LogP contribution in [0.1, 0.15) is 70.9 Å². The molecule has 0 spiro atoms. The van der Waals surface area contributed by atoms with Crippen molar-refractivity contribution in [3.8, 4) is 6.07 Å². The predicted octanol–water partition coefficient (Wildman–Crippen LogP) is 5.06. The molecule has 0 fully saturated rings. The number of rotatable bonds is 8. The molecule has 1 amide bonds. The Kier molecular flexibility index (Phi) is 7.89. The maximum atomic E-state index is 14.1. The first kappa shape index (κ1) is 21.4. The fourth-order valence-electron chi connectivity index (χ4n) is 2.87. The second-order valence-corrected chi connectivity index (χ2v) is 8.19. The summed E-state index contributed by atoms with van der Waals surface area (Å²) in [7, 11) is 0. The number of nitriles is 1. The summed E-state index contributed by atoms with van der Waals surface area (Å²) in [5, 5.41) is 11.9. The standard InChI is InChI=1S/C20H28ClFN2O/c1-19(2,3)24-18(25)9-11-20(4,10-5-6-12-21)16-8-7-15(14-23)17(22)13-16/h7-8,13H,5-6,9-12H2,1-4H3,(H,24,25)/t20-/m1/s1. The van der Waals surface area contributed by atoms with Crippen molar-refractivity contribution in [3.63, 3.8) is 0 Å². The fourth-order valence-corrected chi connectivity index (χ4v) is 3.06. The summed E-state index contributed by atoms with van der Waals surface area (Å²) < 4.78 is 14.1. The van der Waals surface area contributed by atoms with Crippen LogP contribution < -0.4 is 5.32 Å². The van der Waals surface area contributed by atoms with Crippen LogP contribution in [-0.4, -0.2) is 17.3 Å². The molecule has 3 nitrogen and oxygen atoms in total. The number of carbonyl (C=O) groups excluding carboxylic acids is 1. The van der Waals surface area contributed by atoms with Crippen molar-refractivity contribution >= 4 is 17.5 Å². The zero-order chi connectivity index (χ0) is 19.1. The average Bonchev–Trinajstić information content (AvgIpc) is 2.51. The summed E-state index contributed by atoms with van der Waals surface area (Å²) in [4.78, 5) is 12.2. The van der Waals surface area contributed by atoms with Gasteiger partial charge in [0.2, 0.25) is 5.91 Å². The molecule has 1 N–H and O–H groups in total. The van der Waals surface area contributed by atoms with E-state index in [0.29, 0.717) is 18.7 Å². The second kappa shape index (κ2) is 9.20. The highest BCUT2D eigenvalue weighted by molar-refractivity contribution is 6.17. The largest absolute Gasteiger partial charge is 0.352 e. The number of hydrogen-bond acceptors (Lipinski definition) is 2. The molecular weight excluding hydrogens is 339 g/mol. The molecular formula is C20H28ClFN2O. The molecule has 0 aromatic heterocycles. The van der Waals surface area contributed by atoms with Gasteiger partial charge in [0.25, 0.3) is 0 Å². The number of nitrogens with zero attached hydrogens (tertiary/aromatic N) is 1. The summed E-state index contributed by atoms with van der Waals surface area (Å²) in [6.07, 6.45) is 3.58. The Morgan fingerprint density at radius 2 is 1.92 bits per heavy atom. The predicted molar refractivity (Wildman–Crippen MR) is 100 cm³/mol. The van der Waals surface area contributed by atoms with E-state index in [4.69, 9.17) is 16.9 Å². The first-order valence-electron chi connectivity index (χ1n) is 8.68. The van der Waals surface area contributed by atoms with Crippen molar-refractivity contribution in [1.82, 2.24) is 5.32 Å². The highest BCUT2D eigenvalue weighted by Crippen LogP contribution is 2.35. The summed E-state index contributed by atoms with van der Waals surface area (Å²) in [6, 6.07) is 6.59. The van der Waals surface area contributed by atoms with Gasteiger partial charge in [-0.05, 0) is 63.1 Å². The molecule has 1 rings (SSSR count). The molecule has 0 saturated heterocycles. The van der Waals surface area contributed by atoms with Gasteiger partial charge in [-0.1, -0.05) is 19.4 Å². The van der Waals surface area contributed by atoms with Gasteiger partial charge in [-0.25, -0.2) is 4.39 Å². The van der Waals surface area contributed by atoms with Crippen LogP contribution in [0.4, 0.5) is 4.39 Å². The Balaban J connectivity index is 2.95. The third-order valence-corrected chi connectivity index (χ3v) is 4.58. The maximum Gasteiger partial charge on any atom is 0.220 e. The second-order valence-electron chi connectivity index (χ2n) is 7.81. The highest BCUT2D eigenvalue weighted by Gasteiger charge is 2.28. The summed E-state index contributed by atoms with van der Waals surface area (Å²) in [5.74, 6) is 0.0652. The van der Waals surface area contributed by atoms with E-state index in [2.05, 4.69) is 5.32 Å². The van der Waals surface area contributed by atoms with Crippen molar-refractivity contribution in [2.24, 2.45) is 0 Å². The highest BCUT2D eigenvalue weighted by atomic mass is 35.5. The maximum absolute atomic E-state index is 14.1. The van der Waals surface area contributed by atoms with E-state index in [1.807, 2.05) is 33.8 Å². The molecule has 0 aliphatic rings. The lowest BCUT2D eigenvalue weighted by Crippen LogP contribution is -2.41. The van der Waals surface area contributed by atoms with Crippen molar-refractivity contribution in [1.29, 1.82) is 5.26 Å². The molecule has 1 aromatic rings. The van der Waals surface area contributed by atoms with Crippen molar-refractivity contribution in [3.05, 3.63) is 35.1 Å². The summed E-state index contributed by atoms with van der Waals surface area (Å²) in [6.45, 7) is 7.88. The molecule has 25 heavy (non-hydrogen) atoms. The summed E-state index contributed by atoms with van der Waals surface area (Å²) in [5.41, 5.74) is 0.252. The Morgan fingerprint density at radius 3 is 2.44 bits per heavy atom. The van der Waals surface area contributed by atoms with E-state index in [-0.39, 0.29) is 22.4 Å². The molecule has 0 bridgehead atoms. The van der Waals surface area contributed by atoms with Crippen molar-refractivity contribution in [2.75, 3.05) is 5.88 Å². The monoisotopic (exact) mass is 366 g/mol. The summed E-state index contributed by atoms with van der Waals surface area (Å²) >= 11 is 5.78. The van der Waals surface area contributed by atoms with Gasteiger partial charge >= 0.3 is 0 Å². The van der Waals surface area contributed by atoms with E-state index in [1.54, 1.807) is 6.07 Å². The zero-order valence-corrected chi connectivity index (χ0v) is 16.3. The van der Waals surface area contributed by atoms with Crippen LogP contribution in [0.15, 0.2) is 18.2 Å². The van der Waals surface area contributed by atoms with E-state index in [0.717, 1.165) is 24.8 Å². The number of benzene rings is 1. The van der Waals surface area contributed by atoms with Crippen LogP contribution in [0.2, 0.25) is 0 Å². The van der Waals surface area contributed by atoms with Gasteiger partial charge in [0.15, 0.2) is 0 Å². The molecule has 5 heteroatoms. The normalized spacial score (nSPS) is 13.8. The Labute approximate surface area is 155 Å². The number of nitrogens with one attached hydrogen (secondary N) is 1. The lowest BCUT2D eigenvalue weighted by atomic mass is 9.74. The van der Waals surface area contributed by atoms with E-state index < -0.39 is 5.82 Å². The number of alkyl halides is 1. The zero-order valence-electron chi connectivity index (χ0n) is 15.6. The third-order valence-electron chi connectivity index (χ3n) is 4.32. The molecule has 1 aromatic carbocycles. The molecule has 0 aliphatic heterocycles. The number of halogens is 2. The lowest BCUT2D eigenvalue weighted by molar-refractivity contribution is -0.122. The number of carbonyl (C=O) groups is 1. The van der Waals surface area contributed by atoms with Crippen LogP contribution in [0.3, 0.4) is 0 Å². The lowest BCUT2D eigenvalue weighted by Gasteiger charge is -2.31. The number of unbranched alkanes of at least 4 members (excludes halogenated alkanes) is 1. The van der Waals surface area contributed by atoms with Crippen molar-refractivity contribution < 1.29 is 9.18 Å². The first-order valence-corrected chi connectivity index (χ1v) is 9.22. The average molecular weight is 367 g/mol. The van der Waals surface area contributed by atoms with Gasteiger partial charge in [0.1, 0.15) is 11.9 Å². The molecule has 1 atom stereocenters. The number of hydrogen-bond donors (Lipinski definition) is 1. The Hall–Kier alpha value is -1.60. The Bertz CT molecular complexity index is 634. The minimum Gasteiger partial charge on any atom is -0.352 e. The van der Waals surface area contributed by atoms with Crippen LogP contribution in [0.25, 0.3) is 0 Å². The Morgan fingerprint density at radius 1 is 1.24 bits per heavy atom. The molecule has 138 valence electrons. The van der Waals surface area contributed by atoms with Gasteiger partial charge in [0, 0.05) is 17.8 Å². The van der Waals surface area contributed by atoms with E-state index in [9.17, 15) is 9.18 Å². The smallest absolute Gasteiger partial charge is 0.220 e. The van der Waals surface area contributed by atoms with Crippen LogP contribution >= 0.6 is 11.6 Å². The SMILES string of the molecule is CC(C)(C)NC(=O)CC[C@@](C)(CCCCCl)c1ccc(C#N)c(F)c1. The van der Waals surface area contributed by atoms with Gasteiger partial charge in [-0.3, -0.25) is 4.79 Å². The van der Waals surface area contributed by atoms with Crippen molar-refractivity contribution in [2.45, 2.75) is 70.8 Å². The number of amides is 1. The van der Waals surface area contributed by atoms with E-state index in [1.165, 1.54) is 12.1 Å². The van der Waals surface area contributed by atoms with Crippen LogP contribution in [-0.2, 0) is 10.2 Å². The van der Waals surface area contributed by atoms with Crippen LogP contribution in [0, 0.1) is 17.1 Å². The third kappa shape index (κ3) is 7.04. The minimum atomic E-state index is -0.511. The van der Waals surface area contributed by atoms with E-state index >= 15 is 0 Å². The van der Waals surface area contributed by atoms with Gasteiger partial charge in [-0.2, -0.15) is 5.26 Å². The molecule has 0 aliphatic carbocycles. The topological polar surface area (TPSA) is 52.9 Å². The quantitative estimate of drug-likeness (QED) is 0.516. The van der Waals surface area contributed by atoms with Gasteiger partial charge in [0.05, 0.1) is 5.56 Å². The minimum absolute atomic E-state index is 0.00909. The van der Waals surface area contributed by atoms with Gasteiger partial charge < -0.3 is 5.32 Å². The van der Waals surface area contributed by atoms with Gasteiger partial charge in [-0.15, -0.1) is 11.6 Å². The molecule has 0 heterocycles. The molecule has 0 saturated carbocycles. The van der Waals surface area contributed by atoms with Crippen LogP contribution in [0.5, 0.6) is 0 Å². The first-order chi connectivity index (χ1) is 11.6. The molecule has 0 radical (unpaired) electrons.